The Bertz CT molecular complexity index is 535. The van der Waals surface area contributed by atoms with E-state index in [-0.39, 0.29) is 11.3 Å². The highest BCUT2D eigenvalue weighted by molar-refractivity contribution is 5.89. The highest BCUT2D eigenvalue weighted by Crippen LogP contribution is 2.33. The summed E-state index contributed by atoms with van der Waals surface area (Å²) in [5.74, 6) is -2.57. The standard InChI is InChI=1S/C10H7NO6/c12-7-8(13)10(14)17-9(7)5-2-1-3-6(4-5)11(15)16/h1-4,9,12-13H. The van der Waals surface area contributed by atoms with Gasteiger partial charge in [0.1, 0.15) is 0 Å². The van der Waals surface area contributed by atoms with E-state index in [9.17, 15) is 20.0 Å². The lowest BCUT2D eigenvalue weighted by Gasteiger charge is -2.09. The molecular formula is C10H7NO6. The minimum atomic E-state index is -1.19. The van der Waals surface area contributed by atoms with Crippen LogP contribution in [0.3, 0.4) is 0 Å². The van der Waals surface area contributed by atoms with Crippen LogP contribution >= 0.6 is 0 Å². The number of ether oxygens (including phenoxy) is 1. The lowest BCUT2D eigenvalue weighted by molar-refractivity contribution is -0.385. The highest BCUT2D eigenvalue weighted by atomic mass is 16.6. The van der Waals surface area contributed by atoms with E-state index in [0.29, 0.717) is 0 Å². The number of esters is 1. The van der Waals surface area contributed by atoms with Crippen molar-refractivity contribution in [3.63, 3.8) is 0 Å². The van der Waals surface area contributed by atoms with E-state index < -0.39 is 28.5 Å². The topological polar surface area (TPSA) is 110 Å². The number of carbonyl (C=O) groups excluding carboxylic acids is 1. The molecule has 0 spiro atoms. The highest BCUT2D eigenvalue weighted by Gasteiger charge is 2.36. The average molecular weight is 237 g/mol. The van der Waals surface area contributed by atoms with Crippen LogP contribution in [0.15, 0.2) is 35.8 Å². The fourth-order valence-corrected chi connectivity index (χ4v) is 1.47. The first-order valence-electron chi connectivity index (χ1n) is 4.58. The van der Waals surface area contributed by atoms with E-state index in [1.165, 1.54) is 18.2 Å². The smallest absolute Gasteiger partial charge is 0.378 e. The van der Waals surface area contributed by atoms with Gasteiger partial charge >= 0.3 is 5.97 Å². The monoisotopic (exact) mass is 237 g/mol. The minimum absolute atomic E-state index is 0.197. The van der Waals surface area contributed by atoms with Crippen LogP contribution in [-0.4, -0.2) is 21.1 Å². The van der Waals surface area contributed by atoms with Crippen LogP contribution in [0.1, 0.15) is 11.7 Å². The summed E-state index contributed by atoms with van der Waals surface area (Å²) < 4.78 is 4.67. The summed E-state index contributed by atoms with van der Waals surface area (Å²) in [5, 5.41) is 29.1. The second kappa shape index (κ2) is 3.78. The van der Waals surface area contributed by atoms with Crippen molar-refractivity contribution >= 4 is 11.7 Å². The van der Waals surface area contributed by atoms with E-state index in [0.717, 1.165) is 6.07 Å². The Morgan fingerprint density at radius 2 is 2.06 bits per heavy atom. The number of carbonyl (C=O) groups is 1. The first-order valence-corrected chi connectivity index (χ1v) is 4.58. The first kappa shape index (κ1) is 10.9. The lowest BCUT2D eigenvalue weighted by Crippen LogP contribution is -2.03. The molecule has 0 radical (unpaired) electrons. The van der Waals surface area contributed by atoms with Gasteiger partial charge in [-0.2, -0.15) is 0 Å². The number of aliphatic hydroxyl groups excluding tert-OH is 2. The Morgan fingerprint density at radius 3 is 2.59 bits per heavy atom. The third-order valence-corrected chi connectivity index (χ3v) is 2.29. The molecule has 1 heterocycles. The number of hydrogen-bond acceptors (Lipinski definition) is 6. The zero-order chi connectivity index (χ0) is 12.6. The van der Waals surface area contributed by atoms with Crippen molar-refractivity contribution in [2.24, 2.45) is 0 Å². The molecule has 88 valence electrons. The normalized spacial score (nSPS) is 19.3. The first-order chi connectivity index (χ1) is 8.00. The van der Waals surface area contributed by atoms with Crippen LogP contribution in [0, 0.1) is 10.1 Å². The molecular weight excluding hydrogens is 230 g/mol. The van der Waals surface area contributed by atoms with Gasteiger partial charge in [-0.25, -0.2) is 4.79 Å². The second-order valence-electron chi connectivity index (χ2n) is 3.37. The summed E-state index contributed by atoms with van der Waals surface area (Å²) in [7, 11) is 0. The van der Waals surface area contributed by atoms with Crippen LogP contribution in [0.5, 0.6) is 0 Å². The van der Waals surface area contributed by atoms with Crippen molar-refractivity contribution in [3.8, 4) is 0 Å². The van der Waals surface area contributed by atoms with Gasteiger partial charge in [-0.05, 0) is 0 Å². The van der Waals surface area contributed by atoms with Crippen LogP contribution in [0.4, 0.5) is 5.69 Å². The number of hydrogen-bond donors (Lipinski definition) is 2. The molecule has 0 aliphatic carbocycles. The fourth-order valence-electron chi connectivity index (χ4n) is 1.47. The zero-order valence-corrected chi connectivity index (χ0v) is 8.36. The van der Waals surface area contributed by atoms with Gasteiger partial charge in [-0.3, -0.25) is 10.1 Å². The Balaban J connectivity index is 2.40. The predicted molar refractivity (Wildman–Crippen MR) is 54.2 cm³/mol. The molecule has 17 heavy (non-hydrogen) atoms. The predicted octanol–water partition coefficient (Wildman–Crippen LogP) is 1.52. The number of nitrogens with zero attached hydrogens (tertiary/aromatic N) is 1. The van der Waals surface area contributed by atoms with Crippen molar-refractivity contribution < 1.29 is 24.7 Å². The summed E-state index contributed by atoms with van der Waals surface area (Å²) in [4.78, 5) is 20.9. The van der Waals surface area contributed by atoms with Crippen molar-refractivity contribution in [2.75, 3.05) is 0 Å². The number of nitro benzene ring substituents is 1. The minimum Gasteiger partial charge on any atom is -0.505 e. The van der Waals surface area contributed by atoms with Crippen molar-refractivity contribution in [3.05, 3.63) is 51.5 Å². The van der Waals surface area contributed by atoms with Crippen LogP contribution in [0.25, 0.3) is 0 Å². The van der Waals surface area contributed by atoms with E-state index in [1.54, 1.807) is 0 Å². The molecule has 0 fully saturated rings. The van der Waals surface area contributed by atoms with Crippen molar-refractivity contribution in [2.45, 2.75) is 6.10 Å². The summed E-state index contributed by atoms with van der Waals surface area (Å²) in [6, 6.07) is 5.26. The molecule has 1 aromatic carbocycles. The third-order valence-electron chi connectivity index (χ3n) is 2.29. The Morgan fingerprint density at radius 1 is 1.35 bits per heavy atom. The van der Waals surface area contributed by atoms with E-state index in [2.05, 4.69) is 4.74 Å². The molecule has 7 nitrogen and oxygen atoms in total. The quantitative estimate of drug-likeness (QED) is 0.458. The summed E-state index contributed by atoms with van der Waals surface area (Å²) in [6.07, 6.45) is -1.19. The van der Waals surface area contributed by atoms with Gasteiger partial charge in [0, 0.05) is 17.7 Å². The molecule has 0 bridgehead atoms. The maximum Gasteiger partial charge on any atom is 0.378 e. The maximum atomic E-state index is 11.0. The number of nitro groups is 1. The maximum absolute atomic E-state index is 11.0. The van der Waals surface area contributed by atoms with Gasteiger partial charge in [0.25, 0.3) is 5.69 Å². The Kier molecular flexibility index (Phi) is 2.43. The van der Waals surface area contributed by atoms with Crippen LogP contribution in [-0.2, 0) is 9.53 Å². The van der Waals surface area contributed by atoms with Gasteiger partial charge < -0.3 is 14.9 Å². The largest absolute Gasteiger partial charge is 0.505 e. The fraction of sp³-hybridized carbons (Fsp3) is 0.100. The van der Waals surface area contributed by atoms with Crippen LogP contribution in [0.2, 0.25) is 0 Å². The molecule has 1 atom stereocenters. The summed E-state index contributed by atoms with van der Waals surface area (Å²) in [5.41, 5.74) is 0.0202. The van der Waals surface area contributed by atoms with E-state index in [4.69, 9.17) is 5.11 Å². The Hall–Kier alpha value is -2.57. The molecule has 0 aromatic heterocycles. The third kappa shape index (κ3) is 1.78. The Labute approximate surface area is 94.7 Å². The van der Waals surface area contributed by atoms with Crippen molar-refractivity contribution in [1.29, 1.82) is 0 Å². The molecule has 0 saturated heterocycles. The molecule has 1 aliphatic heterocycles. The number of rotatable bonds is 2. The van der Waals surface area contributed by atoms with Gasteiger partial charge in [0.05, 0.1) is 4.92 Å². The number of non-ortho nitro benzene ring substituents is 1. The molecule has 7 heteroatoms. The molecule has 1 aromatic rings. The molecule has 2 N–H and O–H groups in total. The number of cyclic esters (lactones) is 1. The zero-order valence-electron chi connectivity index (χ0n) is 8.36. The summed E-state index contributed by atoms with van der Waals surface area (Å²) >= 11 is 0. The van der Waals surface area contributed by atoms with E-state index in [1.807, 2.05) is 0 Å². The van der Waals surface area contributed by atoms with E-state index >= 15 is 0 Å². The lowest BCUT2D eigenvalue weighted by atomic mass is 10.1. The van der Waals surface area contributed by atoms with Gasteiger partial charge in [0.15, 0.2) is 11.9 Å². The van der Waals surface area contributed by atoms with Gasteiger partial charge in [-0.1, -0.05) is 12.1 Å². The molecule has 0 amide bonds. The molecule has 1 unspecified atom stereocenters. The van der Waals surface area contributed by atoms with Gasteiger partial charge in [0.2, 0.25) is 5.76 Å². The molecule has 2 rings (SSSR count). The second-order valence-corrected chi connectivity index (χ2v) is 3.37. The molecule has 0 saturated carbocycles. The van der Waals surface area contributed by atoms with Crippen LogP contribution < -0.4 is 0 Å². The number of aliphatic hydroxyl groups is 2. The average Bonchev–Trinajstić information content (AvgIpc) is 2.57. The molecule has 1 aliphatic rings. The van der Waals surface area contributed by atoms with Gasteiger partial charge in [-0.15, -0.1) is 0 Å². The number of benzene rings is 1. The SMILES string of the molecule is O=C1OC(c2cccc([N+](=O)[O-])c2)C(O)=C1O. The summed E-state index contributed by atoms with van der Waals surface area (Å²) in [6.45, 7) is 0. The van der Waals surface area contributed by atoms with Crippen molar-refractivity contribution in [1.82, 2.24) is 0 Å².